The predicted molar refractivity (Wildman–Crippen MR) is 72.8 cm³/mol. The van der Waals surface area contributed by atoms with Crippen LogP contribution in [0.15, 0.2) is 0 Å². The molecule has 1 unspecified atom stereocenters. The summed E-state index contributed by atoms with van der Waals surface area (Å²) < 4.78 is 5.36. The monoisotopic (exact) mass is 267 g/mol. The first-order valence-corrected chi connectivity index (χ1v) is 7.60. The van der Waals surface area contributed by atoms with Crippen molar-refractivity contribution in [1.82, 2.24) is 15.1 Å². The molecule has 3 rings (SSSR count). The smallest absolute Gasteiger partial charge is 0.244 e. The Labute approximate surface area is 115 Å². The molecule has 5 nitrogen and oxygen atoms in total. The summed E-state index contributed by atoms with van der Waals surface area (Å²) in [4.78, 5) is 17.1. The summed E-state index contributed by atoms with van der Waals surface area (Å²) >= 11 is 0. The van der Waals surface area contributed by atoms with Crippen LogP contribution in [0.2, 0.25) is 0 Å². The van der Waals surface area contributed by atoms with Gasteiger partial charge in [0.15, 0.2) is 0 Å². The highest BCUT2D eigenvalue weighted by atomic mass is 16.5. The van der Waals surface area contributed by atoms with Gasteiger partial charge < -0.3 is 9.64 Å². The number of rotatable bonds is 3. The highest BCUT2D eigenvalue weighted by Gasteiger charge is 2.50. The van der Waals surface area contributed by atoms with Crippen LogP contribution in [-0.2, 0) is 9.53 Å². The van der Waals surface area contributed by atoms with Crippen molar-refractivity contribution in [3.05, 3.63) is 0 Å². The van der Waals surface area contributed by atoms with Crippen LogP contribution < -0.4 is 5.32 Å². The Morgan fingerprint density at radius 2 is 1.95 bits per heavy atom. The normalized spacial score (nSPS) is 31.5. The van der Waals surface area contributed by atoms with E-state index in [1.165, 1.54) is 12.8 Å². The summed E-state index contributed by atoms with van der Waals surface area (Å²) in [6.07, 6.45) is 4.59. The van der Waals surface area contributed by atoms with Crippen molar-refractivity contribution in [2.75, 3.05) is 39.4 Å². The maximum atomic E-state index is 12.6. The number of ether oxygens (including phenoxy) is 1. The lowest BCUT2D eigenvalue weighted by Gasteiger charge is -2.30. The van der Waals surface area contributed by atoms with Gasteiger partial charge in [-0.05, 0) is 19.8 Å². The SMILES string of the molecule is CC1NC2(CCCC2)C(=O)N1CCN1CCOCC1. The first-order chi connectivity index (χ1) is 9.21. The quantitative estimate of drug-likeness (QED) is 0.804. The van der Waals surface area contributed by atoms with E-state index in [0.717, 1.165) is 52.2 Å². The van der Waals surface area contributed by atoms with Crippen LogP contribution in [0.1, 0.15) is 32.6 Å². The minimum absolute atomic E-state index is 0.187. The average Bonchev–Trinajstić information content (AvgIpc) is 2.97. The fourth-order valence-corrected chi connectivity index (χ4v) is 3.70. The van der Waals surface area contributed by atoms with Crippen molar-refractivity contribution in [1.29, 1.82) is 0 Å². The molecule has 2 saturated heterocycles. The molecule has 1 amide bonds. The number of morpholine rings is 1. The third-order valence-electron chi connectivity index (χ3n) is 4.84. The van der Waals surface area contributed by atoms with E-state index >= 15 is 0 Å². The molecule has 0 aromatic carbocycles. The zero-order valence-electron chi connectivity index (χ0n) is 11.9. The lowest BCUT2D eigenvalue weighted by molar-refractivity contribution is -0.133. The summed E-state index contributed by atoms with van der Waals surface area (Å²) in [5.41, 5.74) is -0.218. The van der Waals surface area contributed by atoms with Gasteiger partial charge in [-0.15, -0.1) is 0 Å². The van der Waals surface area contributed by atoms with E-state index < -0.39 is 0 Å². The van der Waals surface area contributed by atoms with E-state index in [0.29, 0.717) is 5.91 Å². The van der Waals surface area contributed by atoms with Gasteiger partial charge >= 0.3 is 0 Å². The molecule has 3 fully saturated rings. The minimum atomic E-state index is -0.218. The van der Waals surface area contributed by atoms with Crippen molar-refractivity contribution < 1.29 is 9.53 Å². The van der Waals surface area contributed by atoms with Crippen LogP contribution in [0.25, 0.3) is 0 Å². The van der Waals surface area contributed by atoms with E-state index in [1.54, 1.807) is 0 Å². The van der Waals surface area contributed by atoms with Crippen molar-refractivity contribution in [2.24, 2.45) is 0 Å². The first kappa shape index (κ1) is 13.3. The Morgan fingerprint density at radius 1 is 1.26 bits per heavy atom. The van der Waals surface area contributed by atoms with E-state index in [4.69, 9.17) is 4.74 Å². The van der Waals surface area contributed by atoms with Gasteiger partial charge in [-0.2, -0.15) is 0 Å². The second-order valence-corrected chi connectivity index (χ2v) is 6.06. The van der Waals surface area contributed by atoms with E-state index in [9.17, 15) is 4.79 Å². The molecule has 0 bridgehead atoms. The van der Waals surface area contributed by atoms with Crippen LogP contribution in [0.3, 0.4) is 0 Å². The molecule has 1 spiro atoms. The maximum Gasteiger partial charge on any atom is 0.244 e. The molecule has 2 aliphatic heterocycles. The number of amides is 1. The molecule has 1 N–H and O–H groups in total. The summed E-state index contributed by atoms with van der Waals surface area (Å²) in [5.74, 6) is 0.339. The lowest BCUT2D eigenvalue weighted by Crippen LogP contribution is -2.45. The molecule has 1 saturated carbocycles. The molecular formula is C14H25N3O2. The summed E-state index contributed by atoms with van der Waals surface area (Å²) in [6.45, 7) is 7.57. The van der Waals surface area contributed by atoms with Crippen molar-refractivity contribution >= 4 is 5.91 Å². The zero-order valence-corrected chi connectivity index (χ0v) is 11.9. The molecule has 2 heterocycles. The third-order valence-corrected chi connectivity index (χ3v) is 4.84. The summed E-state index contributed by atoms with van der Waals surface area (Å²) in [6, 6.07) is 0. The number of carbonyl (C=O) groups is 1. The Balaban J connectivity index is 1.56. The highest BCUT2D eigenvalue weighted by Crippen LogP contribution is 2.36. The molecule has 1 atom stereocenters. The molecule has 5 heteroatoms. The fourth-order valence-electron chi connectivity index (χ4n) is 3.70. The third kappa shape index (κ3) is 2.51. The van der Waals surface area contributed by atoms with E-state index in [2.05, 4.69) is 17.1 Å². The molecule has 0 radical (unpaired) electrons. The van der Waals surface area contributed by atoms with Crippen molar-refractivity contribution in [2.45, 2.75) is 44.3 Å². The van der Waals surface area contributed by atoms with Crippen molar-refractivity contribution in [3.63, 3.8) is 0 Å². The molecular weight excluding hydrogens is 242 g/mol. The number of nitrogens with zero attached hydrogens (tertiary/aromatic N) is 2. The molecule has 0 aromatic rings. The first-order valence-electron chi connectivity index (χ1n) is 7.60. The predicted octanol–water partition coefficient (Wildman–Crippen LogP) is 0.409. The topological polar surface area (TPSA) is 44.8 Å². The maximum absolute atomic E-state index is 12.6. The van der Waals surface area contributed by atoms with Gasteiger partial charge in [0.1, 0.15) is 0 Å². The standard InChI is InChI=1S/C14H25N3O2/c1-12-15-14(4-2-3-5-14)13(18)17(12)7-6-16-8-10-19-11-9-16/h12,15H,2-11H2,1H3. The summed E-state index contributed by atoms with van der Waals surface area (Å²) in [5, 5.41) is 3.55. The largest absolute Gasteiger partial charge is 0.379 e. The molecule has 3 aliphatic rings. The average molecular weight is 267 g/mol. The van der Waals surface area contributed by atoms with Gasteiger partial charge in [-0.1, -0.05) is 12.8 Å². The van der Waals surface area contributed by atoms with E-state index in [-0.39, 0.29) is 11.7 Å². The van der Waals surface area contributed by atoms with Crippen LogP contribution in [-0.4, -0.2) is 66.8 Å². The summed E-state index contributed by atoms with van der Waals surface area (Å²) in [7, 11) is 0. The number of nitrogens with one attached hydrogen (secondary N) is 1. The second-order valence-electron chi connectivity index (χ2n) is 6.06. The van der Waals surface area contributed by atoms with Crippen LogP contribution in [0.4, 0.5) is 0 Å². The number of hydrogen-bond donors (Lipinski definition) is 1. The van der Waals surface area contributed by atoms with Gasteiger partial charge in [-0.25, -0.2) is 0 Å². The van der Waals surface area contributed by atoms with Gasteiger partial charge in [0, 0.05) is 26.2 Å². The van der Waals surface area contributed by atoms with Crippen LogP contribution in [0, 0.1) is 0 Å². The van der Waals surface area contributed by atoms with Crippen LogP contribution >= 0.6 is 0 Å². The van der Waals surface area contributed by atoms with Crippen LogP contribution in [0.5, 0.6) is 0 Å². The Kier molecular flexibility index (Phi) is 3.78. The number of hydrogen-bond acceptors (Lipinski definition) is 4. The zero-order chi connectivity index (χ0) is 13.3. The molecule has 19 heavy (non-hydrogen) atoms. The molecule has 108 valence electrons. The Morgan fingerprint density at radius 3 is 2.63 bits per heavy atom. The van der Waals surface area contributed by atoms with Crippen molar-refractivity contribution in [3.8, 4) is 0 Å². The highest BCUT2D eigenvalue weighted by molar-refractivity contribution is 5.89. The van der Waals surface area contributed by atoms with E-state index in [1.807, 2.05) is 4.90 Å². The Bertz CT molecular complexity index is 336. The minimum Gasteiger partial charge on any atom is -0.379 e. The van der Waals surface area contributed by atoms with Gasteiger partial charge in [0.05, 0.1) is 24.9 Å². The molecule has 0 aromatic heterocycles. The second kappa shape index (κ2) is 5.38. The Hall–Kier alpha value is -0.650. The number of carbonyl (C=O) groups excluding carboxylic acids is 1. The lowest BCUT2D eigenvalue weighted by atomic mass is 9.98. The fraction of sp³-hybridized carbons (Fsp3) is 0.929. The van der Waals surface area contributed by atoms with Gasteiger partial charge in [0.2, 0.25) is 5.91 Å². The van der Waals surface area contributed by atoms with Gasteiger partial charge in [-0.3, -0.25) is 15.0 Å². The molecule has 1 aliphatic carbocycles. The van der Waals surface area contributed by atoms with Gasteiger partial charge in [0.25, 0.3) is 0 Å².